The van der Waals surface area contributed by atoms with Crippen LogP contribution >= 0.6 is 7.82 Å². The van der Waals surface area contributed by atoms with E-state index in [1.165, 1.54) is 89.9 Å². The highest BCUT2D eigenvalue weighted by molar-refractivity contribution is 7.45. The van der Waals surface area contributed by atoms with Gasteiger partial charge in [-0.05, 0) is 70.3 Å². The largest absolute Gasteiger partial charge is 0.756 e. The number of nitrogens with zero attached hydrogens (tertiary/aromatic N) is 1. The Hall–Kier alpha value is -1.44. The fourth-order valence-corrected chi connectivity index (χ4v) is 5.80. The molecule has 0 rings (SSSR count). The molecule has 0 amide bonds. The van der Waals surface area contributed by atoms with Crippen molar-refractivity contribution in [3.05, 3.63) is 36.6 Å². The smallest absolute Gasteiger partial charge is 0.306 e. The Bertz CT molecular complexity index is 884. The maximum absolute atomic E-state index is 12.6. The minimum Gasteiger partial charge on any atom is -0.756 e. The molecule has 0 bridgehead atoms. The molecule has 0 aromatic heterocycles. The van der Waals surface area contributed by atoms with Gasteiger partial charge < -0.3 is 27.9 Å². The normalized spacial score (nSPS) is 14.2. The second-order valence-corrected chi connectivity index (χ2v) is 15.8. The molecule has 0 saturated heterocycles. The molecule has 0 N–H and O–H groups in total. The lowest BCUT2D eigenvalue weighted by atomic mass is 10.1. The van der Waals surface area contributed by atoms with E-state index in [2.05, 4.69) is 38.2 Å². The van der Waals surface area contributed by atoms with Crippen LogP contribution in [0.4, 0.5) is 0 Å². The molecule has 9 heteroatoms. The maximum atomic E-state index is 12.6. The van der Waals surface area contributed by atoms with Gasteiger partial charge in [-0.25, -0.2) is 0 Å². The van der Waals surface area contributed by atoms with Crippen molar-refractivity contribution in [3.63, 3.8) is 0 Å². The second kappa shape index (κ2) is 33.7. The number of allylic oxidation sites excluding steroid dienone is 5. The number of phosphoric acid groups is 1. The molecule has 8 nitrogen and oxygen atoms in total. The SMILES string of the molecule is CCCC/C=C\CCCCCCCC(=O)OC(CO/C=C\CCCCCC/C=C\CCCCCCCC)COP(=O)([O-])OCC[N+](C)(C)C. The van der Waals surface area contributed by atoms with Crippen molar-refractivity contribution in [2.75, 3.05) is 47.5 Å². The van der Waals surface area contributed by atoms with Crippen LogP contribution in [0.3, 0.4) is 0 Å². The minimum absolute atomic E-state index is 0.0119. The van der Waals surface area contributed by atoms with Crippen LogP contribution in [0, 0.1) is 0 Å². The van der Waals surface area contributed by atoms with Gasteiger partial charge in [0, 0.05) is 6.42 Å². The predicted molar refractivity (Wildman–Crippen MR) is 203 cm³/mol. The van der Waals surface area contributed by atoms with E-state index in [1.807, 2.05) is 27.2 Å². The Morgan fingerprint density at radius 3 is 1.63 bits per heavy atom. The summed E-state index contributed by atoms with van der Waals surface area (Å²) >= 11 is 0. The van der Waals surface area contributed by atoms with E-state index in [0.717, 1.165) is 51.4 Å². The third-order valence-electron chi connectivity index (χ3n) is 8.23. The Morgan fingerprint density at radius 2 is 1.10 bits per heavy atom. The summed E-state index contributed by atoms with van der Waals surface area (Å²) in [5, 5.41) is 0. The molecule has 0 aromatic rings. The van der Waals surface area contributed by atoms with Crippen LogP contribution in [0.5, 0.6) is 0 Å². The topological polar surface area (TPSA) is 94.1 Å². The zero-order valence-electron chi connectivity index (χ0n) is 32.4. The number of phosphoric ester groups is 1. The highest BCUT2D eigenvalue weighted by Crippen LogP contribution is 2.38. The maximum Gasteiger partial charge on any atom is 0.306 e. The lowest BCUT2D eigenvalue weighted by Crippen LogP contribution is -2.37. The van der Waals surface area contributed by atoms with Gasteiger partial charge in [0.1, 0.15) is 19.8 Å². The van der Waals surface area contributed by atoms with Crippen LogP contribution < -0.4 is 4.89 Å². The average Bonchev–Trinajstić information content (AvgIpc) is 3.04. The fourth-order valence-electron chi connectivity index (χ4n) is 5.07. The summed E-state index contributed by atoms with van der Waals surface area (Å²) in [6, 6.07) is 0. The zero-order chi connectivity index (χ0) is 36.3. The van der Waals surface area contributed by atoms with Crippen molar-refractivity contribution in [1.29, 1.82) is 0 Å². The number of carbonyl (C=O) groups is 1. The Morgan fingerprint density at radius 1 is 0.633 bits per heavy atom. The summed E-state index contributed by atoms with van der Waals surface area (Å²) in [5.74, 6) is -0.371. The molecular weight excluding hydrogens is 637 g/mol. The molecule has 0 saturated carbocycles. The van der Waals surface area contributed by atoms with Gasteiger partial charge in [-0.15, -0.1) is 0 Å². The minimum atomic E-state index is -4.54. The van der Waals surface area contributed by atoms with Crippen molar-refractivity contribution in [3.8, 4) is 0 Å². The third-order valence-corrected chi connectivity index (χ3v) is 9.19. The van der Waals surface area contributed by atoms with E-state index in [1.54, 1.807) is 6.26 Å². The molecule has 49 heavy (non-hydrogen) atoms. The number of ether oxygens (including phenoxy) is 2. The summed E-state index contributed by atoms with van der Waals surface area (Å²) in [6.07, 6.45) is 38.2. The highest BCUT2D eigenvalue weighted by atomic mass is 31.2. The first-order valence-electron chi connectivity index (χ1n) is 19.8. The Balaban J connectivity index is 4.36. The number of rotatable bonds is 36. The van der Waals surface area contributed by atoms with Crippen molar-refractivity contribution in [2.24, 2.45) is 0 Å². The van der Waals surface area contributed by atoms with Crippen LogP contribution in [0.2, 0.25) is 0 Å². The average molecular weight is 714 g/mol. The van der Waals surface area contributed by atoms with Crippen molar-refractivity contribution >= 4 is 13.8 Å². The van der Waals surface area contributed by atoms with Crippen molar-refractivity contribution in [1.82, 2.24) is 0 Å². The zero-order valence-corrected chi connectivity index (χ0v) is 33.3. The first-order valence-corrected chi connectivity index (χ1v) is 21.2. The fraction of sp³-hybridized carbons (Fsp3) is 0.825. The lowest BCUT2D eigenvalue weighted by molar-refractivity contribution is -0.870. The van der Waals surface area contributed by atoms with Gasteiger partial charge in [-0.1, -0.05) is 115 Å². The van der Waals surface area contributed by atoms with E-state index in [0.29, 0.717) is 11.0 Å². The van der Waals surface area contributed by atoms with Crippen LogP contribution in [0.15, 0.2) is 36.6 Å². The highest BCUT2D eigenvalue weighted by Gasteiger charge is 2.20. The van der Waals surface area contributed by atoms with Crippen LogP contribution in [-0.4, -0.2) is 64.1 Å². The lowest BCUT2D eigenvalue weighted by Gasteiger charge is -2.28. The van der Waals surface area contributed by atoms with Crippen molar-refractivity contribution < 1.29 is 37.3 Å². The molecule has 0 radical (unpaired) electrons. The quantitative estimate of drug-likeness (QED) is 0.0159. The first-order chi connectivity index (χ1) is 23.6. The molecule has 0 fully saturated rings. The Labute approximate surface area is 302 Å². The number of likely N-dealkylation sites (N-methyl/N-ethyl adjacent to an activating group) is 1. The number of esters is 1. The van der Waals surface area contributed by atoms with E-state index >= 15 is 0 Å². The van der Waals surface area contributed by atoms with Gasteiger partial charge in [0.25, 0.3) is 7.82 Å². The Kier molecular flexibility index (Phi) is 32.7. The number of carbonyl (C=O) groups excluding carboxylic acids is 1. The molecular formula is C40H76NO7P. The molecule has 0 aliphatic carbocycles. The van der Waals surface area contributed by atoms with Crippen LogP contribution in [-0.2, 0) is 27.9 Å². The summed E-state index contributed by atoms with van der Waals surface area (Å²) in [4.78, 5) is 24.9. The summed E-state index contributed by atoms with van der Waals surface area (Å²) in [6.45, 7) is 4.66. The molecule has 2 unspecified atom stereocenters. The summed E-state index contributed by atoms with van der Waals surface area (Å²) in [5.41, 5.74) is 0. The standard InChI is InChI=1S/C40H76NO7P/c1-6-8-10-12-14-16-18-19-20-21-22-24-26-28-30-32-35-45-37-39(38-47-49(43,44)46-36-34-41(3,4)5)48-40(42)33-31-29-27-25-23-17-15-13-11-9-7-2/h13,15,19-20,32,35,39H,6-12,14,16-18,21-31,33-34,36-38H2,1-5H3/b15-13-,20-19-,35-32-. The van der Waals surface area contributed by atoms with Gasteiger partial charge in [-0.3, -0.25) is 9.36 Å². The van der Waals surface area contributed by atoms with Crippen molar-refractivity contribution in [2.45, 2.75) is 168 Å². The number of hydrogen-bond donors (Lipinski definition) is 0. The predicted octanol–water partition coefficient (Wildman–Crippen LogP) is 10.8. The second-order valence-electron chi connectivity index (χ2n) is 14.3. The van der Waals surface area contributed by atoms with Gasteiger partial charge in [0.15, 0.2) is 6.10 Å². The first kappa shape index (κ1) is 47.6. The van der Waals surface area contributed by atoms with Crippen LogP contribution in [0.1, 0.15) is 162 Å². The van der Waals surface area contributed by atoms with Gasteiger partial charge >= 0.3 is 5.97 Å². The number of unbranched alkanes of at least 4 members (excludes halogenated alkanes) is 18. The molecule has 288 valence electrons. The van der Waals surface area contributed by atoms with E-state index in [-0.39, 0.29) is 32.2 Å². The molecule has 0 aliphatic heterocycles. The molecule has 0 spiro atoms. The number of quaternary nitrogens is 1. The summed E-state index contributed by atoms with van der Waals surface area (Å²) < 4.78 is 34.2. The summed E-state index contributed by atoms with van der Waals surface area (Å²) in [7, 11) is 1.31. The number of hydrogen-bond acceptors (Lipinski definition) is 7. The molecule has 0 aliphatic rings. The van der Waals surface area contributed by atoms with Gasteiger partial charge in [0.2, 0.25) is 0 Å². The van der Waals surface area contributed by atoms with Gasteiger partial charge in [0.05, 0.1) is 34.0 Å². The monoisotopic (exact) mass is 714 g/mol. The van der Waals surface area contributed by atoms with E-state index < -0.39 is 13.9 Å². The van der Waals surface area contributed by atoms with E-state index in [9.17, 15) is 14.3 Å². The molecule has 2 atom stereocenters. The van der Waals surface area contributed by atoms with Gasteiger partial charge in [-0.2, -0.15) is 0 Å². The van der Waals surface area contributed by atoms with Crippen LogP contribution in [0.25, 0.3) is 0 Å². The third kappa shape index (κ3) is 37.6. The van der Waals surface area contributed by atoms with E-state index in [4.69, 9.17) is 18.5 Å². The molecule has 0 aromatic carbocycles. The molecule has 0 heterocycles.